The van der Waals surface area contributed by atoms with Crippen molar-refractivity contribution in [2.75, 3.05) is 0 Å². The molecule has 0 aliphatic rings. The molecular weight excluding hydrogens is 274 g/mol. The second kappa shape index (κ2) is 5.75. The summed E-state index contributed by atoms with van der Waals surface area (Å²) in [6, 6.07) is 0. The van der Waals surface area contributed by atoms with E-state index in [1.807, 2.05) is 26.2 Å². The molecule has 0 radical (unpaired) electrons. The van der Waals surface area contributed by atoms with Crippen LogP contribution in [0.2, 0.25) is 0 Å². The standard InChI is InChI=1S/C14H19N3O2S/c1-5-6-10-11(9(2)17-19-10)12(18)16-14(3,4)13-15-7-8-20-13/h7-8H,5-6H2,1-4H3,(H,16,18). The van der Waals surface area contributed by atoms with Crippen molar-refractivity contribution in [1.29, 1.82) is 0 Å². The van der Waals surface area contributed by atoms with Crippen LogP contribution in [0.15, 0.2) is 16.1 Å². The Morgan fingerprint density at radius 3 is 2.85 bits per heavy atom. The van der Waals surface area contributed by atoms with Gasteiger partial charge in [0.1, 0.15) is 16.3 Å². The van der Waals surface area contributed by atoms with Gasteiger partial charge in [-0.25, -0.2) is 4.98 Å². The zero-order valence-corrected chi connectivity index (χ0v) is 13.0. The number of rotatable bonds is 5. The van der Waals surface area contributed by atoms with E-state index in [4.69, 9.17) is 4.52 Å². The van der Waals surface area contributed by atoms with Gasteiger partial charge in [0, 0.05) is 18.0 Å². The van der Waals surface area contributed by atoms with Gasteiger partial charge < -0.3 is 9.84 Å². The summed E-state index contributed by atoms with van der Waals surface area (Å²) < 4.78 is 5.24. The molecule has 0 aliphatic heterocycles. The lowest BCUT2D eigenvalue weighted by molar-refractivity contribution is 0.0909. The van der Waals surface area contributed by atoms with Crippen LogP contribution in [0.1, 0.15) is 54.0 Å². The molecule has 0 saturated heterocycles. The maximum absolute atomic E-state index is 12.5. The highest BCUT2D eigenvalue weighted by atomic mass is 32.1. The molecule has 0 atom stereocenters. The molecule has 0 saturated carbocycles. The molecule has 2 heterocycles. The van der Waals surface area contributed by atoms with Gasteiger partial charge in [-0.1, -0.05) is 12.1 Å². The minimum absolute atomic E-state index is 0.160. The van der Waals surface area contributed by atoms with E-state index in [2.05, 4.69) is 15.5 Å². The molecule has 1 amide bonds. The van der Waals surface area contributed by atoms with Crippen molar-refractivity contribution >= 4 is 17.2 Å². The van der Waals surface area contributed by atoms with Crippen molar-refractivity contribution in [1.82, 2.24) is 15.5 Å². The van der Waals surface area contributed by atoms with Gasteiger partial charge in [-0.2, -0.15) is 0 Å². The smallest absolute Gasteiger partial charge is 0.257 e. The number of hydrogen-bond acceptors (Lipinski definition) is 5. The highest BCUT2D eigenvalue weighted by Gasteiger charge is 2.29. The van der Waals surface area contributed by atoms with E-state index < -0.39 is 5.54 Å². The number of nitrogens with zero attached hydrogens (tertiary/aromatic N) is 2. The first-order valence-corrected chi connectivity index (χ1v) is 7.51. The van der Waals surface area contributed by atoms with Crippen LogP contribution in [0.3, 0.4) is 0 Å². The number of aromatic nitrogens is 2. The molecule has 6 heteroatoms. The number of carbonyl (C=O) groups is 1. The molecule has 0 unspecified atom stereocenters. The lowest BCUT2D eigenvalue weighted by atomic mass is 10.0. The fourth-order valence-corrected chi connectivity index (χ4v) is 2.76. The second-order valence-electron chi connectivity index (χ2n) is 5.23. The maximum Gasteiger partial charge on any atom is 0.257 e. The van der Waals surface area contributed by atoms with E-state index in [1.54, 1.807) is 13.1 Å². The van der Waals surface area contributed by atoms with Crippen molar-refractivity contribution in [2.24, 2.45) is 0 Å². The zero-order chi connectivity index (χ0) is 14.8. The van der Waals surface area contributed by atoms with Gasteiger partial charge in [-0.3, -0.25) is 4.79 Å². The molecule has 0 aromatic carbocycles. The van der Waals surface area contributed by atoms with Crippen molar-refractivity contribution in [3.05, 3.63) is 33.6 Å². The number of hydrogen-bond donors (Lipinski definition) is 1. The van der Waals surface area contributed by atoms with Gasteiger partial charge in [0.15, 0.2) is 0 Å². The number of thiazole rings is 1. The molecule has 1 N–H and O–H groups in total. The summed E-state index contributed by atoms with van der Waals surface area (Å²) in [6.45, 7) is 7.70. The average molecular weight is 293 g/mol. The molecule has 2 rings (SSSR count). The van der Waals surface area contributed by atoms with Crippen molar-refractivity contribution in [2.45, 2.75) is 46.1 Å². The SMILES string of the molecule is CCCc1onc(C)c1C(=O)NC(C)(C)c1nccs1. The minimum Gasteiger partial charge on any atom is -0.360 e. The first-order valence-electron chi connectivity index (χ1n) is 6.63. The van der Waals surface area contributed by atoms with Crippen molar-refractivity contribution in [3.63, 3.8) is 0 Å². The predicted octanol–water partition coefficient (Wildman–Crippen LogP) is 3.06. The average Bonchev–Trinajstić information content (AvgIpc) is 2.99. The van der Waals surface area contributed by atoms with Crippen LogP contribution >= 0.6 is 11.3 Å². The van der Waals surface area contributed by atoms with Crippen LogP contribution in [0.4, 0.5) is 0 Å². The van der Waals surface area contributed by atoms with Crippen LogP contribution in [0.25, 0.3) is 0 Å². The van der Waals surface area contributed by atoms with Gasteiger partial charge in [0.05, 0.1) is 11.2 Å². The van der Waals surface area contributed by atoms with Crippen LogP contribution < -0.4 is 5.32 Å². The topological polar surface area (TPSA) is 68.0 Å². The fourth-order valence-electron chi connectivity index (χ4n) is 2.04. The highest BCUT2D eigenvalue weighted by Crippen LogP contribution is 2.24. The Hall–Kier alpha value is -1.69. The lowest BCUT2D eigenvalue weighted by Crippen LogP contribution is -2.41. The largest absolute Gasteiger partial charge is 0.360 e. The fraction of sp³-hybridized carbons (Fsp3) is 0.500. The molecule has 0 fully saturated rings. The normalized spacial score (nSPS) is 11.6. The van der Waals surface area contributed by atoms with Crippen molar-refractivity contribution in [3.8, 4) is 0 Å². The van der Waals surface area contributed by atoms with Gasteiger partial charge in [-0.05, 0) is 27.2 Å². The third-order valence-electron chi connectivity index (χ3n) is 3.03. The van der Waals surface area contributed by atoms with Gasteiger partial charge in [-0.15, -0.1) is 11.3 Å². The summed E-state index contributed by atoms with van der Waals surface area (Å²) in [5, 5.41) is 9.68. The van der Waals surface area contributed by atoms with E-state index in [-0.39, 0.29) is 5.91 Å². The van der Waals surface area contributed by atoms with Crippen LogP contribution in [0.5, 0.6) is 0 Å². The van der Waals surface area contributed by atoms with Gasteiger partial charge in [0.25, 0.3) is 5.91 Å². The van der Waals surface area contributed by atoms with E-state index in [0.717, 1.165) is 11.4 Å². The summed E-state index contributed by atoms with van der Waals surface area (Å²) >= 11 is 1.52. The summed E-state index contributed by atoms with van der Waals surface area (Å²) in [7, 11) is 0. The quantitative estimate of drug-likeness (QED) is 0.920. The Bertz CT molecular complexity index is 588. The first-order chi connectivity index (χ1) is 9.45. The number of amides is 1. The molecule has 2 aromatic heterocycles. The van der Waals surface area contributed by atoms with E-state index >= 15 is 0 Å². The summed E-state index contributed by atoms with van der Waals surface area (Å²) in [5.41, 5.74) is 0.663. The highest BCUT2D eigenvalue weighted by molar-refractivity contribution is 7.09. The zero-order valence-electron chi connectivity index (χ0n) is 12.2. The molecule has 5 nitrogen and oxygen atoms in total. The Morgan fingerprint density at radius 2 is 2.25 bits per heavy atom. The molecule has 108 valence electrons. The van der Waals surface area contributed by atoms with E-state index in [0.29, 0.717) is 23.4 Å². The van der Waals surface area contributed by atoms with Crippen LogP contribution in [0, 0.1) is 6.92 Å². The Balaban J connectivity index is 2.22. The molecule has 20 heavy (non-hydrogen) atoms. The number of carbonyl (C=O) groups excluding carboxylic acids is 1. The molecule has 0 bridgehead atoms. The van der Waals surface area contributed by atoms with Gasteiger partial charge >= 0.3 is 0 Å². The Kier molecular flexibility index (Phi) is 4.23. The molecule has 0 aliphatic carbocycles. The Labute approximate surface area is 122 Å². The summed E-state index contributed by atoms with van der Waals surface area (Å²) in [4.78, 5) is 16.8. The second-order valence-corrected chi connectivity index (χ2v) is 6.13. The predicted molar refractivity (Wildman–Crippen MR) is 77.8 cm³/mol. The van der Waals surface area contributed by atoms with Crippen LogP contribution in [-0.2, 0) is 12.0 Å². The lowest BCUT2D eigenvalue weighted by Gasteiger charge is -2.23. The Morgan fingerprint density at radius 1 is 1.50 bits per heavy atom. The van der Waals surface area contributed by atoms with E-state index in [1.165, 1.54) is 11.3 Å². The minimum atomic E-state index is -0.515. The molecule has 0 spiro atoms. The van der Waals surface area contributed by atoms with Gasteiger partial charge in [0.2, 0.25) is 0 Å². The summed E-state index contributed by atoms with van der Waals surface area (Å²) in [6.07, 6.45) is 3.35. The monoisotopic (exact) mass is 293 g/mol. The third kappa shape index (κ3) is 2.90. The summed E-state index contributed by atoms with van der Waals surface area (Å²) in [5.74, 6) is 0.491. The van der Waals surface area contributed by atoms with E-state index in [9.17, 15) is 4.79 Å². The molecular formula is C14H19N3O2S. The molecule has 2 aromatic rings. The first kappa shape index (κ1) is 14.7. The third-order valence-corrected chi connectivity index (χ3v) is 4.13. The number of aryl methyl sites for hydroxylation is 2. The van der Waals surface area contributed by atoms with Crippen molar-refractivity contribution < 1.29 is 9.32 Å². The maximum atomic E-state index is 12.5. The van der Waals surface area contributed by atoms with Crippen LogP contribution in [-0.4, -0.2) is 16.0 Å². The number of nitrogens with one attached hydrogen (secondary N) is 1.